The van der Waals surface area contributed by atoms with Gasteiger partial charge in [-0.25, -0.2) is 4.99 Å². The van der Waals surface area contributed by atoms with Crippen LogP contribution < -0.4 is 0 Å². The van der Waals surface area contributed by atoms with E-state index in [9.17, 15) is 0 Å². The molecule has 1 atom stereocenters. The van der Waals surface area contributed by atoms with Gasteiger partial charge in [0.15, 0.2) is 5.84 Å². The third kappa shape index (κ3) is 5.50. The summed E-state index contributed by atoms with van der Waals surface area (Å²) >= 11 is 3.74. The second-order valence-corrected chi connectivity index (χ2v) is 20.0. The van der Waals surface area contributed by atoms with E-state index in [4.69, 9.17) is 9.98 Å². The Bertz CT molecular complexity index is 4500. The fourth-order valence-corrected chi connectivity index (χ4v) is 13.7. The van der Waals surface area contributed by atoms with Crippen LogP contribution in [0.15, 0.2) is 216 Å². The molecule has 3 nitrogen and oxygen atoms in total. The molecule has 15 rings (SSSR count). The first-order valence-corrected chi connectivity index (χ1v) is 24.6. The molecule has 1 aliphatic rings. The number of aliphatic imine (C=N–C) groups is 2. The van der Waals surface area contributed by atoms with Gasteiger partial charge in [0, 0.05) is 63.1 Å². The van der Waals surface area contributed by atoms with Crippen molar-refractivity contribution >= 4 is 139 Å². The van der Waals surface area contributed by atoms with Gasteiger partial charge in [-0.05, 0) is 91.1 Å². The van der Waals surface area contributed by atoms with Crippen LogP contribution in [-0.4, -0.2) is 16.1 Å². The van der Waals surface area contributed by atoms with Gasteiger partial charge in [-0.3, -0.25) is 4.99 Å². The van der Waals surface area contributed by atoms with Crippen molar-refractivity contribution in [3.8, 4) is 5.69 Å². The van der Waals surface area contributed by atoms with E-state index in [-0.39, 0.29) is 6.04 Å². The van der Waals surface area contributed by atoms with Gasteiger partial charge < -0.3 is 4.57 Å². The van der Waals surface area contributed by atoms with E-state index >= 15 is 0 Å². The Morgan fingerprint density at radius 2 is 1.03 bits per heavy atom. The molecule has 0 aliphatic carbocycles. The minimum absolute atomic E-state index is 0.186. The molecule has 3 aromatic heterocycles. The van der Waals surface area contributed by atoms with Gasteiger partial charge in [0.05, 0.1) is 34.0 Å². The minimum Gasteiger partial charge on any atom is -0.308 e. The summed E-state index contributed by atoms with van der Waals surface area (Å²) < 4.78 is 7.59. The zero-order valence-electron chi connectivity index (χ0n) is 36.1. The lowest BCUT2D eigenvalue weighted by Gasteiger charge is -2.24. The second kappa shape index (κ2) is 14.3. The maximum absolute atomic E-state index is 5.97. The van der Waals surface area contributed by atoms with E-state index in [0.29, 0.717) is 6.42 Å². The third-order valence-corrected chi connectivity index (χ3v) is 16.6. The highest BCUT2D eigenvalue weighted by molar-refractivity contribution is 7.26. The Kier molecular flexibility index (Phi) is 7.94. The predicted molar refractivity (Wildman–Crippen MR) is 290 cm³/mol. The second-order valence-electron chi connectivity index (χ2n) is 17.9. The van der Waals surface area contributed by atoms with Crippen LogP contribution in [0.4, 0.5) is 0 Å². The maximum atomic E-state index is 5.97. The van der Waals surface area contributed by atoms with E-state index in [1.807, 2.05) is 22.7 Å². The molecule has 0 N–H and O–H groups in total. The lowest BCUT2D eigenvalue weighted by molar-refractivity contribution is 0.762. The van der Waals surface area contributed by atoms with Gasteiger partial charge in [0.2, 0.25) is 0 Å². The molecule has 5 heteroatoms. The van der Waals surface area contributed by atoms with E-state index in [1.165, 1.54) is 99.8 Å². The Balaban J connectivity index is 1.12. The third-order valence-electron chi connectivity index (χ3n) is 14.3. The lowest BCUT2D eigenvalue weighted by atomic mass is 9.91. The van der Waals surface area contributed by atoms with Crippen LogP contribution in [0.5, 0.6) is 0 Å². The van der Waals surface area contributed by atoms with Crippen molar-refractivity contribution in [1.82, 2.24) is 4.57 Å². The number of nitrogens with zero attached hydrogens (tertiary/aromatic N) is 3. The summed E-state index contributed by atoms with van der Waals surface area (Å²) in [5.74, 6) is 0.766. The average molecular weight is 888 g/mol. The summed E-state index contributed by atoms with van der Waals surface area (Å²) in [5, 5.41) is 17.3. The summed E-state index contributed by atoms with van der Waals surface area (Å²) in [6.07, 6.45) is 0.677. The molecule has 14 aromatic rings. The molecule has 312 valence electrons. The summed E-state index contributed by atoms with van der Waals surface area (Å²) in [7, 11) is 0. The molecule has 67 heavy (non-hydrogen) atoms. The quantitative estimate of drug-likeness (QED) is 0.169. The molecule has 0 amide bonds. The molecule has 1 aliphatic heterocycles. The van der Waals surface area contributed by atoms with Crippen molar-refractivity contribution in [3.05, 3.63) is 223 Å². The smallest absolute Gasteiger partial charge is 0.158 e. The van der Waals surface area contributed by atoms with Crippen LogP contribution in [-0.2, 0) is 0 Å². The van der Waals surface area contributed by atoms with Crippen LogP contribution in [0.3, 0.4) is 0 Å². The van der Waals surface area contributed by atoms with Crippen LogP contribution in [0.2, 0.25) is 0 Å². The first kappa shape index (κ1) is 37.3. The Hall–Kier alpha value is -7.96. The molecular weight excluding hydrogens is 851 g/mol. The summed E-state index contributed by atoms with van der Waals surface area (Å²) in [6, 6.07) is 76.0. The van der Waals surface area contributed by atoms with Crippen LogP contribution in [0.1, 0.15) is 29.2 Å². The van der Waals surface area contributed by atoms with E-state index in [1.54, 1.807) is 0 Å². The normalized spacial score (nSPS) is 14.5. The largest absolute Gasteiger partial charge is 0.308 e. The van der Waals surface area contributed by atoms with E-state index in [0.717, 1.165) is 39.4 Å². The predicted octanol–water partition coefficient (Wildman–Crippen LogP) is 17.5. The number of benzene rings is 11. The monoisotopic (exact) mass is 887 g/mol. The summed E-state index contributed by atoms with van der Waals surface area (Å²) in [6.45, 7) is 0. The number of aromatic nitrogens is 1. The zero-order chi connectivity index (χ0) is 43.7. The molecule has 11 aromatic carbocycles. The van der Waals surface area contributed by atoms with Crippen molar-refractivity contribution in [3.63, 3.8) is 0 Å². The standard InChI is InChI=1S/C62H37N3S2/c1-2-17-40-34-53-48(33-39(40)16-1)57-42-20-7-4-14-37(42)27-29-51(57)65(53)52-30-32-56-60(58-43-21-8-5-15-38(43)28-31-55(58)66-56)59(52)62-63-49(44-23-11-18-36-13-3-6-19-41(36)44)35-50(64-62)47-25-12-24-46-45-22-9-10-26-54(45)67-61(46)47/h1-34,50H,35H2/t50-/m1/s1. The lowest BCUT2D eigenvalue weighted by Crippen LogP contribution is -2.19. The highest BCUT2D eigenvalue weighted by atomic mass is 32.1. The van der Waals surface area contributed by atoms with E-state index in [2.05, 4.69) is 211 Å². The molecule has 0 saturated carbocycles. The average Bonchev–Trinajstić information content (AvgIpc) is 4.07. The molecule has 0 fully saturated rings. The molecule has 0 saturated heterocycles. The van der Waals surface area contributed by atoms with Crippen LogP contribution >= 0.6 is 22.7 Å². The number of amidine groups is 1. The SMILES string of the molecule is c1ccc2cc3c(cc2c1)c1c2ccccc2ccc1n3-c1ccc2sc3ccc4ccccc4c3c2c1C1=N[C@@H](c2cccc3c2sc2ccccc23)CC(c2cccc3ccccc23)=N1. The first-order valence-electron chi connectivity index (χ1n) is 23.0. The molecular formula is C62H37N3S2. The Labute approximate surface area is 392 Å². The van der Waals surface area contributed by atoms with Gasteiger partial charge >= 0.3 is 0 Å². The molecule has 4 heterocycles. The molecule has 0 spiro atoms. The van der Waals surface area contributed by atoms with Crippen molar-refractivity contribution < 1.29 is 0 Å². The fraction of sp³-hybridized carbons (Fsp3) is 0.0323. The van der Waals surface area contributed by atoms with Gasteiger partial charge in [-0.2, -0.15) is 0 Å². The molecule has 0 bridgehead atoms. The van der Waals surface area contributed by atoms with Gasteiger partial charge in [-0.15, -0.1) is 22.7 Å². The van der Waals surface area contributed by atoms with Gasteiger partial charge in [0.25, 0.3) is 0 Å². The van der Waals surface area contributed by atoms with Gasteiger partial charge in [-0.1, -0.05) is 164 Å². The number of thiophene rings is 2. The maximum Gasteiger partial charge on any atom is 0.158 e. The number of hydrogen-bond donors (Lipinski definition) is 0. The van der Waals surface area contributed by atoms with Crippen molar-refractivity contribution in [2.75, 3.05) is 0 Å². The number of fused-ring (bicyclic) bond motifs is 15. The van der Waals surface area contributed by atoms with Crippen molar-refractivity contribution in [2.45, 2.75) is 12.5 Å². The van der Waals surface area contributed by atoms with Gasteiger partial charge in [0.1, 0.15) is 0 Å². The molecule has 0 unspecified atom stereocenters. The van der Waals surface area contributed by atoms with Crippen molar-refractivity contribution in [1.29, 1.82) is 0 Å². The van der Waals surface area contributed by atoms with Crippen LogP contribution in [0, 0.1) is 0 Å². The van der Waals surface area contributed by atoms with Crippen LogP contribution in [0.25, 0.3) is 111 Å². The number of hydrogen-bond acceptors (Lipinski definition) is 4. The zero-order valence-corrected chi connectivity index (χ0v) is 37.7. The number of rotatable bonds is 4. The van der Waals surface area contributed by atoms with E-state index < -0.39 is 0 Å². The summed E-state index contributed by atoms with van der Waals surface area (Å²) in [5.41, 5.74) is 7.91. The fourth-order valence-electron chi connectivity index (χ4n) is 11.3. The Morgan fingerprint density at radius 3 is 1.85 bits per heavy atom. The highest BCUT2D eigenvalue weighted by Crippen LogP contribution is 2.47. The van der Waals surface area contributed by atoms with Crippen molar-refractivity contribution in [2.24, 2.45) is 9.98 Å². The molecule has 0 radical (unpaired) electrons. The first-order chi connectivity index (χ1) is 33.2. The highest BCUT2D eigenvalue weighted by Gasteiger charge is 2.30. The summed E-state index contributed by atoms with van der Waals surface area (Å²) in [4.78, 5) is 11.9. The minimum atomic E-state index is -0.186. The topological polar surface area (TPSA) is 29.6 Å². The Morgan fingerprint density at radius 1 is 0.418 bits per heavy atom.